The van der Waals surface area contributed by atoms with Crippen molar-refractivity contribution in [2.24, 2.45) is 0 Å². The molecule has 0 unspecified atom stereocenters. The van der Waals surface area contributed by atoms with Gasteiger partial charge in [-0.25, -0.2) is 0 Å². The van der Waals surface area contributed by atoms with Gasteiger partial charge in [0, 0.05) is 16.9 Å². The van der Waals surface area contributed by atoms with Crippen LogP contribution in [0.1, 0.15) is 21.6 Å². The zero-order valence-electron chi connectivity index (χ0n) is 9.61. The highest BCUT2D eigenvalue weighted by Gasteiger charge is 2.12. The van der Waals surface area contributed by atoms with Gasteiger partial charge in [0.15, 0.2) is 0 Å². The maximum atomic E-state index is 11.9. The van der Waals surface area contributed by atoms with Gasteiger partial charge in [-0.15, -0.1) is 0 Å². The molecule has 3 N–H and O–H groups in total. The second kappa shape index (κ2) is 4.29. The van der Waals surface area contributed by atoms with E-state index in [1.807, 2.05) is 0 Å². The molecular weight excluding hydrogens is 218 g/mol. The van der Waals surface area contributed by atoms with E-state index < -0.39 is 0 Å². The third kappa shape index (κ3) is 2.13. The van der Waals surface area contributed by atoms with E-state index in [4.69, 9.17) is 0 Å². The van der Waals surface area contributed by atoms with Crippen molar-refractivity contribution in [3.8, 4) is 5.75 Å². The average Bonchev–Trinajstić information content (AvgIpc) is 2.71. The average molecular weight is 231 g/mol. The molecule has 1 aromatic heterocycles. The summed E-state index contributed by atoms with van der Waals surface area (Å²) in [5, 5.41) is 18.8. The number of carbonyl (C=O) groups is 1. The molecule has 5 heteroatoms. The summed E-state index contributed by atoms with van der Waals surface area (Å²) in [4.78, 5) is 11.9. The van der Waals surface area contributed by atoms with Gasteiger partial charge in [-0.3, -0.25) is 9.89 Å². The van der Waals surface area contributed by atoms with Crippen LogP contribution in [0.3, 0.4) is 0 Å². The summed E-state index contributed by atoms with van der Waals surface area (Å²) in [5.41, 5.74) is 2.44. The Bertz CT molecular complexity index is 561. The van der Waals surface area contributed by atoms with Crippen LogP contribution < -0.4 is 5.32 Å². The quantitative estimate of drug-likeness (QED) is 0.739. The second-order valence-corrected chi connectivity index (χ2v) is 3.81. The number of rotatable bonds is 2. The van der Waals surface area contributed by atoms with Gasteiger partial charge in [-0.05, 0) is 26.0 Å². The molecule has 2 rings (SSSR count). The molecule has 1 amide bonds. The topological polar surface area (TPSA) is 78.0 Å². The largest absolute Gasteiger partial charge is 0.508 e. The SMILES string of the molecule is Cc1[nH]ncc1C(=O)Nc1cccc(O)c1C. The number of anilines is 1. The van der Waals surface area contributed by atoms with Crippen LogP contribution in [0.15, 0.2) is 24.4 Å². The third-order valence-electron chi connectivity index (χ3n) is 2.63. The molecule has 0 radical (unpaired) electrons. The number of nitrogens with zero attached hydrogens (tertiary/aromatic N) is 1. The number of aromatic nitrogens is 2. The first-order valence-corrected chi connectivity index (χ1v) is 5.19. The summed E-state index contributed by atoms with van der Waals surface area (Å²) in [7, 11) is 0. The van der Waals surface area contributed by atoms with Crippen molar-refractivity contribution in [3.05, 3.63) is 41.2 Å². The highest BCUT2D eigenvalue weighted by molar-refractivity contribution is 6.05. The van der Waals surface area contributed by atoms with Crippen molar-refractivity contribution in [1.29, 1.82) is 0 Å². The van der Waals surface area contributed by atoms with E-state index in [1.165, 1.54) is 6.20 Å². The van der Waals surface area contributed by atoms with Gasteiger partial charge in [0.05, 0.1) is 11.8 Å². The number of nitrogens with one attached hydrogen (secondary N) is 2. The standard InChI is InChI=1S/C12H13N3O2/c1-7-10(4-3-5-11(7)16)14-12(17)9-6-13-15-8(9)2/h3-6,16H,1-2H3,(H,13,15)(H,14,17). The lowest BCUT2D eigenvalue weighted by atomic mass is 10.1. The lowest BCUT2D eigenvalue weighted by molar-refractivity contribution is 0.102. The number of benzene rings is 1. The first-order chi connectivity index (χ1) is 8.09. The summed E-state index contributed by atoms with van der Waals surface area (Å²) in [6, 6.07) is 5.00. The lowest BCUT2D eigenvalue weighted by Gasteiger charge is -2.08. The summed E-state index contributed by atoms with van der Waals surface area (Å²) in [6.07, 6.45) is 1.47. The van der Waals surface area contributed by atoms with Gasteiger partial charge in [-0.1, -0.05) is 6.07 Å². The number of aryl methyl sites for hydroxylation is 1. The summed E-state index contributed by atoms with van der Waals surface area (Å²) in [5.74, 6) is -0.0864. The van der Waals surface area contributed by atoms with Gasteiger partial charge >= 0.3 is 0 Å². The van der Waals surface area contributed by atoms with Crippen molar-refractivity contribution in [2.45, 2.75) is 13.8 Å². The van der Waals surface area contributed by atoms with Crippen LogP contribution >= 0.6 is 0 Å². The molecule has 0 spiro atoms. The van der Waals surface area contributed by atoms with Gasteiger partial charge in [0.1, 0.15) is 5.75 Å². The van der Waals surface area contributed by atoms with Crippen LogP contribution in [0.4, 0.5) is 5.69 Å². The minimum absolute atomic E-state index is 0.159. The molecule has 88 valence electrons. The predicted molar refractivity (Wildman–Crippen MR) is 64.1 cm³/mol. The number of amides is 1. The molecule has 1 heterocycles. The Morgan fingerprint density at radius 2 is 2.18 bits per heavy atom. The van der Waals surface area contributed by atoms with Crippen LogP contribution in [0.25, 0.3) is 0 Å². The van der Waals surface area contributed by atoms with Crippen molar-refractivity contribution in [3.63, 3.8) is 0 Å². The normalized spacial score (nSPS) is 10.2. The smallest absolute Gasteiger partial charge is 0.259 e. The van der Waals surface area contributed by atoms with E-state index in [0.29, 0.717) is 22.5 Å². The number of carbonyl (C=O) groups excluding carboxylic acids is 1. The van der Waals surface area contributed by atoms with Crippen LogP contribution in [0.5, 0.6) is 5.75 Å². The van der Waals surface area contributed by atoms with Crippen LogP contribution in [-0.2, 0) is 0 Å². The summed E-state index contributed by atoms with van der Waals surface area (Å²) < 4.78 is 0. The molecule has 0 saturated heterocycles. The molecule has 0 aliphatic rings. The molecule has 0 fully saturated rings. The zero-order chi connectivity index (χ0) is 12.4. The minimum Gasteiger partial charge on any atom is -0.508 e. The molecule has 17 heavy (non-hydrogen) atoms. The molecule has 0 aliphatic heterocycles. The Kier molecular flexibility index (Phi) is 2.82. The first-order valence-electron chi connectivity index (χ1n) is 5.19. The third-order valence-corrected chi connectivity index (χ3v) is 2.63. The molecular formula is C12H13N3O2. The number of hydrogen-bond acceptors (Lipinski definition) is 3. The number of aromatic hydroxyl groups is 1. The van der Waals surface area contributed by atoms with E-state index >= 15 is 0 Å². The molecule has 0 bridgehead atoms. The van der Waals surface area contributed by atoms with E-state index in [1.54, 1.807) is 32.0 Å². The maximum Gasteiger partial charge on any atom is 0.259 e. The van der Waals surface area contributed by atoms with Crippen LogP contribution in [0.2, 0.25) is 0 Å². The van der Waals surface area contributed by atoms with E-state index in [9.17, 15) is 9.90 Å². The van der Waals surface area contributed by atoms with Gasteiger partial charge in [-0.2, -0.15) is 5.10 Å². The van der Waals surface area contributed by atoms with Gasteiger partial charge in [0.2, 0.25) is 0 Å². The lowest BCUT2D eigenvalue weighted by Crippen LogP contribution is -2.13. The minimum atomic E-state index is -0.245. The Balaban J connectivity index is 2.25. The molecule has 0 atom stereocenters. The highest BCUT2D eigenvalue weighted by Crippen LogP contribution is 2.24. The van der Waals surface area contributed by atoms with Crippen molar-refractivity contribution < 1.29 is 9.90 Å². The van der Waals surface area contributed by atoms with Crippen molar-refractivity contribution in [2.75, 3.05) is 5.32 Å². The maximum absolute atomic E-state index is 11.9. The Hall–Kier alpha value is -2.30. The Labute approximate surface area is 98.5 Å². The van der Waals surface area contributed by atoms with Crippen LogP contribution in [0, 0.1) is 13.8 Å². The van der Waals surface area contributed by atoms with E-state index in [2.05, 4.69) is 15.5 Å². The summed E-state index contributed by atoms with van der Waals surface area (Å²) >= 11 is 0. The molecule has 2 aromatic rings. The second-order valence-electron chi connectivity index (χ2n) is 3.81. The summed E-state index contributed by atoms with van der Waals surface area (Å²) in [6.45, 7) is 3.52. The number of phenols is 1. The van der Waals surface area contributed by atoms with E-state index in [-0.39, 0.29) is 11.7 Å². The van der Waals surface area contributed by atoms with Crippen molar-refractivity contribution >= 4 is 11.6 Å². The molecule has 0 saturated carbocycles. The molecule has 5 nitrogen and oxygen atoms in total. The monoisotopic (exact) mass is 231 g/mol. The van der Waals surface area contributed by atoms with E-state index in [0.717, 1.165) is 0 Å². The Morgan fingerprint density at radius 3 is 2.82 bits per heavy atom. The number of aromatic amines is 1. The Morgan fingerprint density at radius 1 is 1.41 bits per heavy atom. The highest BCUT2D eigenvalue weighted by atomic mass is 16.3. The molecule has 1 aromatic carbocycles. The number of H-pyrrole nitrogens is 1. The molecule has 0 aliphatic carbocycles. The fraction of sp³-hybridized carbons (Fsp3) is 0.167. The van der Waals surface area contributed by atoms with Gasteiger partial charge in [0.25, 0.3) is 5.91 Å². The van der Waals surface area contributed by atoms with Gasteiger partial charge < -0.3 is 10.4 Å². The van der Waals surface area contributed by atoms with Crippen molar-refractivity contribution in [1.82, 2.24) is 10.2 Å². The zero-order valence-corrected chi connectivity index (χ0v) is 9.61. The number of hydrogen-bond donors (Lipinski definition) is 3. The van der Waals surface area contributed by atoms with Crippen LogP contribution in [-0.4, -0.2) is 21.2 Å². The fourth-order valence-electron chi connectivity index (χ4n) is 1.53. The first kappa shape index (κ1) is 11.2. The number of phenolic OH excluding ortho intramolecular Hbond substituents is 1. The predicted octanol–water partition coefficient (Wildman–Crippen LogP) is 1.98. The fourth-order valence-corrected chi connectivity index (χ4v) is 1.53.